The Bertz CT molecular complexity index is 551. The van der Waals surface area contributed by atoms with E-state index in [0.717, 1.165) is 28.7 Å². The second-order valence-corrected chi connectivity index (χ2v) is 5.38. The van der Waals surface area contributed by atoms with E-state index in [1.165, 1.54) is 5.39 Å². The third kappa shape index (κ3) is 3.10. The Morgan fingerprint density at radius 2 is 1.68 bits per heavy atom. The zero-order valence-corrected chi connectivity index (χ0v) is 13.3. The van der Waals surface area contributed by atoms with Crippen molar-refractivity contribution < 1.29 is 4.74 Å². The first kappa shape index (κ1) is 14.4. The number of fused-ring (bicyclic) bond motifs is 1. The summed E-state index contributed by atoms with van der Waals surface area (Å²) >= 11 is 3.59. The van der Waals surface area contributed by atoms with Crippen LogP contribution in [0.4, 0.5) is 0 Å². The summed E-state index contributed by atoms with van der Waals surface area (Å²) in [6.45, 7) is 8.40. The average molecular weight is 322 g/mol. The van der Waals surface area contributed by atoms with Crippen molar-refractivity contribution in [1.82, 2.24) is 4.90 Å². The molecule has 0 aliphatic heterocycles. The van der Waals surface area contributed by atoms with Gasteiger partial charge < -0.3 is 4.74 Å². The van der Waals surface area contributed by atoms with Crippen molar-refractivity contribution in [3.8, 4) is 5.75 Å². The Balaban J connectivity index is 2.33. The lowest BCUT2D eigenvalue weighted by molar-refractivity contribution is 0.0493. The van der Waals surface area contributed by atoms with Crippen molar-refractivity contribution in [1.29, 1.82) is 0 Å². The number of halogens is 1. The quantitative estimate of drug-likeness (QED) is 0.742. The molecule has 0 saturated carbocycles. The molecule has 0 saturated heterocycles. The van der Waals surface area contributed by atoms with Crippen molar-refractivity contribution in [3.05, 3.63) is 40.9 Å². The highest BCUT2D eigenvalue weighted by Crippen LogP contribution is 2.32. The van der Waals surface area contributed by atoms with Crippen LogP contribution >= 0.6 is 15.9 Å². The summed E-state index contributed by atoms with van der Waals surface area (Å²) in [7, 11) is 0. The van der Waals surface area contributed by atoms with Gasteiger partial charge in [0.05, 0.1) is 0 Å². The summed E-state index contributed by atoms with van der Waals surface area (Å²) in [4.78, 5) is 2.29. The third-order valence-corrected chi connectivity index (χ3v) is 4.15. The molecule has 2 aromatic rings. The maximum Gasteiger partial charge on any atom is 0.149 e. The third-order valence-electron chi connectivity index (χ3n) is 3.45. The molecular weight excluding hydrogens is 302 g/mol. The van der Waals surface area contributed by atoms with Gasteiger partial charge in [-0.1, -0.05) is 54.0 Å². The maximum absolute atomic E-state index is 6.13. The number of hydrogen-bond acceptors (Lipinski definition) is 2. The van der Waals surface area contributed by atoms with Crippen molar-refractivity contribution in [2.45, 2.75) is 27.0 Å². The first-order chi connectivity index (χ1) is 9.17. The largest absolute Gasteiger partial charge is 0.475 e. The van der Waals surface area contributed by atoms with Gasteiger partial charge in [-0.3, -0.25) is 4.90 Å². The first-order valence-electron chi connectivity index (χ1n) is 6.75. The van der Waals surface area contributed by atoms with Crippen molar-refractivity contribution in [3.63, 3.8) is 0 Å². The van der Waals surface area contributed by atoms with Gasteiger partial charge in [-0.25, -0.2) is 0 Å². The van der Waals surface area contributed by atoms with E-state index in [-0.39, 0.29) is 6.23 Å². The summed E-state index contributed by atoms with van der Waals surface area (Å²) in [5.41, 5.74) is 0. The minimum atomic E-state index is 0.0829. The summed E-state index contributed by atoms with van der Waals surface area (Å²) < 4.78 is 7.23. The fourth-order valence-corrected chi connectivity index (χ4v) is 2.81. The van der Waals surface area contributed by atoms with Crippen molar-refractivity contribution >= 4 is 26.7 Å². The van der Waals surface area contributed by atoms with Gasteiger partial charge in [-0.2, -0.15) is 0 Å². The lowest BCUT2D eigenvalue weighted by Crippen LogP contribution is -2.36. The lowest BCUT2D eigenvalue weighted by Gasteiger charge is -2.27. The average Bonchev–Trinajstić information content (AvgIpc) is 2.44. The SMILES string of the molecule is CCN(CC)C(C)Oc1ccc(Br)c2ccccc12. The standard InChI is InChI=1S/C16H20BrNO/c1-4-18(5-2)12(3)19-16-11-10-15(17)13-8-6-7-9-14(13)16/h6-12H,4-5H2,1-3H3. The van der Waals surface area contributed by atoms with Gasteiger partial charge in [0.25, 0.3) is 0 Å². The van der Waals surface area contributed by atoms with Crippen LogP contribution in [0.1, 0.15) is 20.8 Å². The van der Waals surface area contributed by atoms with E-state index in [0.29, 0.717) is 0 Å². The van der Waals surface area contributed by atoms with E-state index in [9.17, 15) is 0 Å². The van der Waals surface area contributed by atoms with Gasteiger partial charge in [0, 0.05) is 9.86 Å². The molecule has 102 valence electrons. The van der Waals surface area contributed by atoms with E-state index in [4.69, 9.17) is 4.74 Å². The highest BCUT2D eigenvalue weighted by molar-refractivity contribution is 9.10. The number of hydrogen-bond donors (Lipinski definition) is 0. The van der Waals surface area contributed by atoms with E-state index in [1.54, 1.807) is 0 Å². The van der Waals surface area contributed by atoms with Crippen LogP contribution in [0.25, 0.3) is 10.8 Å². The van der Waals surface area contributed by atoms with Gasteiger partial charge in [0.15, 0.2) is 0 Å². The highest BCUT2D eigenvalue weighted by Gasteiger charge is 2.13. The van der Waals surface area contributed by atoms with Gasteiger partial charge >= 0.3 is 0 Å². The molecule has 0 heterocycles. The molecule has 2 rings (SSSR count). The molecular formula is C16H20BrNO. The van der Waals surface area contributed by atoms with Gasteiger partial charge in [0.1, 0.15) is 12.0 Å². The molecule has 0 bridgehead atoms. The number of nitrogens with zero attached hydrogens (tertiary/aromatic N) is 1. The van der Waals surface area contributed by atoms with Gasteiger partial charge in [0.2, 0.25) is 0 Å². The molecule has 2 nitrogen and oxygen atoms in total. The molecule has 1 unspecified atom stereocenters. The van der Waals surface area contributed by atoms with Crippen LogP contribution in [0.5, 0.6) is 5.75 Å². The number of ether oxygens (including phenoxy) is 1. The molecule has 0 spiro atoms. The summed E-state index contributed by atoms with van der Waals surface area (Å²) in [6.07, 6.45) is 0.0829. The maximum atomic E-state index is 6.13. The molecule has 0 radical (unpaired) electrons. The zero-order valence-electron chi connectivity index (χ0n) is 11.7. The van der Waals surface area contributed by atoms with Crippen LogP contribution < -0.4 is 4.74 Å². The van der Waals surface area contributed by atoms with Crippen LogP contribution in [0.15, 0.2) is 40.9 Å². The van der Waals surface area contributed by atoms with E-state index >= 15 is 0 Å². The predicted molar refractivity (Wildman–Crippen MR) is 84.7 cm³/mol. The van der Waals surface area contributed by atoms with Crippen LogP contribution in [0.3, 0.4) is 0 Å². The van der Waals surface area contributed by atoms with Crippen molar-refractivity contribution in [2.24, 2.45) is 0 Å². The molecule has 0 aliphatic rings. The Morgan fingerprint density at radius 3 is 2.32 bits per heavy atom. The van der Waals surface area contributed by atoms with Gasteiger partial charge in [-0.05, 0) is 37.5 Å². The highest BCUT2D eigenvalue weighted by atomic mass is 79.9. The van der Waals surface area contributed by atoms with Crippen LogP contribution in [-0.4, -0.2) is 24.2 Å². The zero-order chi connectivity index (χ0) is 13.8. The minimum Gasteiger partial charge on any atom is -0.475 e. The minimum absolute atomic E-state index is 0.0829. The summed E-state index contributed by atoms with van der Waals surface area (Å²) in [6, 6.07) is 12.4. The van der Waals surface area contributed by atoms with Crippen LogP contribution in [0, 0.1) is 0 Å². The smallest absolute Gasteiger partial charge is 0.149 e. The lowest BCUT2D eigenvalue weighted by atomic mass is 10.1. The molecule has 3 heteroatoms. The monoisotopic (exact) mass is 321 g/mol. The fraction of sp³-hybridized carbons (Fsp3) is 0.375. The molecule has 0 N–H and O–H groups in total. The second-order valence-electron chi connectivity index (χ2n) is 4.53. The van der Waals surface area contributed by atoms with Gasteiger partial charge in [-0.15, -0.1) is 0 Å². The normalized spacial score (nSPS) is 12.9. The summed E-state index contributed by atoms with van der Waals surface area (Å²) in [5, 5.41) is 2.34. The molecule has 1 atom stereocenters. The predicted octanol–water partition coefficient (Wildman–Crippen LogP) is 4.67. The van der Waals surface area contributed by atoms with Crippen molar-refractivity contribution in [2.75, 3.05) is 13.1 Å². The van der Waals surface area contributed by atoms with E-state index in [2.05, 4.69) is 53.7 Å². The van der Waals surface area contributed by atoms with E-state index in [1.807, 2.05) is 24.3 Å². The topological polar surface area (TPSA) is 12.5 Å². The Kier molecular flexibility index (Phi) is 4.83. The Labute approximate surface area is 123 Å². The number of rotatable bonds is 5. The fourth-order valence-electron chi connectivity index (χ4n) is 2.33. The molecule has 0 aromatic heterocycles. The van der Waals surface area contributed by atoms with Crippen LogP contribution in [-0.2, 0) is 0 Å². The van der Waals surface area contributed by atoms with Crippen LogP contribution in [0.2, 0.25) is 0 Å². The number of benzene rings is 2. The first-order valence-corrected chi connectivity index (χ1v) is 7.54. The molecule has 0 aliphatic carbocycles. The Hall–Kier alpha value is -1.06. The molecule has 0 fully saturated rings. The second kappa shape index (κ2) is 6.40. The molecule has 0 amide bonds. The Morgan fingerprint density at radius 1 is 1.05 bits per heavy atom. The van der Waals surface area contributed by atoms with E-state index < -0.39 is 0 Å². The molecule has 19 heavy (non-hydrogen) atoms. The molecule has 2 aromatic carbocycles. The summed E-state index contributed by atoms with van der Waals surface area (Å²) in [5.74, 6) is 0.943.